The third kappa shape index (κ3) is 5.17. The first-order valence-electron chi connectivity index (χ1n) is 7.91. The Morgan fingerprint density at radius 1 is 1.16 bits per heavy atom. The van der Waals surface area contributed by atoms with Crippen molar-refractivity contribution in [2.45, 2.75) is 51.2 Å². The van der Waals surface area contributed by atoms with Crippen molar-refractivity contribution in [1.29, 1.82) is 0 Å². The molecule has 1 amide bonds. The molecule has 7 heteroatoms. The zero-order valence-corrected chi connectivity index (χ0v) is 15.6. The zero-order valence-electron chi connectivity index (χ0n) is 14.8. The molecule has 1 aromatic heterocycles. The molecule has 0 saturated carbocycles. The largest absolute Gasteiger partial charge is 0.451 e. The summed E-state index contributed by atoms with van der Waals surface area (Å²) in [5, 5.41) is 9.46. The summed E-state index contributed by atoms with van der Waals surface area (Å²) in [5.41, 5.74) is 2.25. The summed E-state index contributed by atoms with van der Waals surface area (Å²) in [6, 6.07) is 7.18. The van der Waals surface area contributed by atoms with Crippen LogP contribution < -0.4 is 4.72 Å². The Bertz CT molecular complexity index is 855. The number of benzene rings is 1. The zero-order chi connectivity index (χ0) is 18.8. The topological polar surface area (TPSA) is 96.6 Å². The van der Waals surface area contributed by atoms with Gasteiger partial charge in [0.1, 0.15) is 0 Å². The van der Waals surface area contributed by atoms with Gasteiger partial charge in [0.2, 0.25) is 11.0 Å². The molecule has 0 fully saturated rings. The van der Waals surface area contributed by atoms with E-state index >= 15 is 0 Å². The van der Waals surface area contributed by atoms with Gasteiger partial charge in [-0.15, -0.1) is 0 Å². The van der Waals surface area contributed by atoms with Crippen molar-refractivity contribution in [2.24, 2.45) is 0 Å². The van der Waals surface area contributed by atoms with E-state index in [0.29, 0.717) is 12.0 Å². The number of aryl methyl sites for hydroxylation is 3. The maximum Gasteiger partial charge on any atom is 0.297 e. The summed E-state index contributed by atoms with van der Waals surface area (Å²) in [7, 11) is -4.10. The molecular formula is C18H23NO5S. The van der Waals surface area contributed by atoms with Crippen molar-refractivity contribution < 1.29 is 22.7 Å². The predicted octanol–water partition coefficient (Wildman–Crippen LogP) is 2.56. The van der Waals surface area contributed by atoms with Crippen LogP contribution >= 0.6 is 0 Å². The van der Waals surface area contributed by atoms with Gasteiger partial charge in [-0.1, -0.05) is 29.3 Å². The lowest BCUT2D eigenvalue weighted by Gasteiger charge is -2.13. The third-order valence-corrected chi connectivity index (χ3v) is 4.96. The van der Waals surface area contributed by atoms with Gasteiger partial charge in [0, 0.05) is 18.1 Å². The minimum absolute atomic E-state index is 0.0428. The fourth-order valence-corrected chi connectivity index (χ4v) is 3.46. The summed E-state index contributed by atoms with van der Waals surface area (Å²) < 4.78 is 31.4. The van der Waals surface area contributed by atoms with Crippen molar-refractivity contribution in [3.8, 4) is 0 Å². The summed E-state index contributed by atoms with van der Waals surface area (Å²) in [6.45, 7) is 6.96. The van der Waals surface area contributed by atoms with Gasteiger partial charge in [0.05, 0.1) is 11.9 Å². The molecule has 0 unspecified atom stereocenters. The van der Waals surface area contributed by atoms with Crippen LogP contribution in [0.25, 0.3) is 0 Å². The summed E-state index contributed by atoms with van der Waals surface area (Å²) in [6.07, 6.45) is 1.65. The molecule has 2 N–H and O–H groups in total. The molecule has 0 aliphatic rings. The van der Waals surface area contributed by atoms with Crippen LogP contribution in [0.5, 0.6) is 0 Å². The standard InChI is InChI=1S/C18H23NO5S/c1-12-7-13(2)9-14(8-12)5-6-16(20)19-25(22,23)17-10-15(11-24-17)18(3,4)21/h7-11,21H,5-6H2,1-4H3,(H,19,20). The Balaban J connectivity index is 2.02. The van der Waals surface area contributed by atoms with Crippen LogP contribution in [-0.4, -0.2) is 19.4 Å². The van der Waals surface area contributed by atoms with Gasteiger partial charge >= 0.3 is 0 Å². The smallest absolute Gasteiger partial charge is 0.297 e. The number of hydrogen-bond donors (Lipinski definition) is 2. The molecule has 1 heterocycles. The van der Waals surface area contributed by atoms with Crippen LogP contribution in [0.2, 0.25) is 0 Å². The van der Waals surface area contributed by atoms with Gasteiger partial charge in [0.25, 0.3) is 10.0 Å². The number of furan rings is 1. The lowest BCUT2D eigenvalue weighted by atomic mass is 10.0. The number of carbonyl (C=O) groups is 1. The van der Waals surface area contributed by atoms with E-state index < -0.39 is 26.6 Å². The average molecular weight is 365 g/mol. The maximum atomic E-state index is 12.2. The highest BCUT2D eigenvalue weighted by Gasteiger charge is 2.26. The normalized spacial score (nSPS) is 12.2. The second-order valence-corrected chi connectivity index (χ2v) is 8.35. The van der Waals surface area contributed by atoms with Crippen LogP contribution in [-0.2, 0) is 26.8 Å². The number of hydrogen-bond acceptors (Lipinski definition) is 5. The van der Waals surface area contributed by atoms with Crippen molar-refractivity contribution in [1.82, 2.24) is 4.72 Å². The van der Waals surface area contributed by atoms with Gasteiger partial charge in [-0.25, -0.2) is 4.72 Å². The molecule has 0 saturated heterocycles. The highest BCUT2D eigenvalue weighted by molar-refractivity contribution is 7.89. The van der Waals surface area contributed by atoms with Crippen molar-refractivity contribution in [2.75, 3.05) is 0 Å². The van der Waals surface area contributed by atoms with Crippen LogP contribution in [0, 0.1) is 13.8 Å². The van der Waals surface area contributed by atoms with E-state index in [9.17, 15) is 18.3 Å². The van der Waals surface area contributed by atoms with E-state index in [-0.39, 0.29) is 6.42 Å². The number of aliphatic hydroxyl groups is 1. The lowest BCUT2D eigenvalue weighted by molar-refractivity contribution is -0.119. The van der Waals surface area contributed by atoms with Gasteiger partial charge in [0.15, 0.2) is 0 Å². The minimum Gasteiger partial charge on any atom is -0.451 e. The van der Waals surface area contributed by atoms with Gasteiger partial charge in [-0.05, 0) is 39.7 Å². The first-order valence-corrected chi connectivity index (χ1v) is 9.40. The monoisotopic (exact) mass is 365 g/mol. The molecule has 6 nitrogen and oxygen atoms in total. The van der Waals surface area contributed by atoms with Gasteiger partial charge in [-0.3, -0.25) is 4.79 Å². The first-order chi connectivity index (χ1) is 11.5. The Kier molecular flexibility index (Phi) is 5.39. The van der Waals surface area contributed by atoms with E-state index in [2.05, 4.69) is 0 Å². The molecule has 0 aliphatic heterocycles. The average Bonchev–Trinajstić information content (AvgIpc) is 2.94. The van der Waals surface area contributed by atoms with Crippen LogP contribution in [0.15, 0.2) is 40.0 Å². The Morgan fingerprint density at radius 2 is 1.76 bits per heavy atom. The van der Waals surface area contributed by atoms with Crippen molar-refractivity contribution in [3.63, 3.8) is 0 Å². The molecule has 136 valence electrons. The van der Waals surface area contributed by atoms with Crippen molar-refractivity contribution in [3.05, 3.63) is 52.8 Å². The SMILES string of the molecule is Cc1cc(C)cc(CCC(=O)NS(=O)(=O)c2cc(C(C)(C)O)co2)c1. The minimum atomic E-state index is -4.10. The number of amides is 1. The molecule has 2 rings (SSSR count). The highest BCUT2D eigenvalue weighted by atomic mass is 32.2. The number of carbonyl (C=O) groups excluding carboxylic acids is 1. The van der Waals surface area contributed by atoms with Crippen LogP contribution in [0.1, 0.15) is 42.5 Å². The van der Waals surface area contributed by atoms with Gasteiger partial charge in [-0.2, -0.15) is 8.42 Å². The number of rotatable bonds is 6. The van der Waals surface area contributed by atoms with Gasteiger partial charge < -0.3 is 9.52 Å². The van der Waals surface area contributed by atoms with E-state index in [0.717, 1.165) is 23.0 Å². The first kappa shape index (κ1) is 19.2. The lowest BCUT2D eigenvalue weighted by Crippen LogP contribution is -2.30. The Morgan fingerprint density at radius 3 is 2.28 bits per heavy atom. The predicted molar refractivity (Wildman–Crippen MR) is 93.5 cm³/mol. The molecule has 0 aliphatic carbocycles. The molecule has 0 spiro atoms. The molecule has 0 atom stereocenters. The van der Waals surface area contributed by atoms with E-state index in [4.69, 9.17) is 4.42 Å². The quantitative estimate of drug-likeness (QED) is 0.820. The summed E-state index contributed by atoms with van der Waals surface area (Å²) >= 11 is 0. The third-order valence-electron chi connectivity index (χ3n) is 3.72. The molecule has 2 aromatic rings. The summed E-state index contributed by atoms with van der Waals surface area (Å²) in [5.74, 6) is -0.611. The second kappa shape index (κ2) is 7.01. The fourth-order valence-electron chi connectivity index (χ4n) is 2.50. The molecular weight excluding hydrogens is 342 g/mol. The van der Waals surface area contributed by atoms with E-state index in [1.165, 1.54) is 19.9 Å². The second-order valence-electron chi connectivity index (χ2n) is 6.74. The van der Waals surface area contributed by atoms with E-state index in [1.54, 1.807) is 0 Å². The molecule has 25 heavy (non-hydrogen) atoms. The number of sulfonamides is 1. The maximum absolute atomic E-state index is 12.2. The van der Waals surface area contributed by atoms with Crippen molar-refractivity contribution >= 4 is 15.9 Å². The highest BCUT2D eigenvalue weighted by Crippen LogP contribution is 2.24. The van der Waals surface area contributed by atoms with E-state index in [1.807, 2.05) is 36.8 Å². The summed E-state index contributed by atoms with van der Waals surface area (Å²) in [4.78, 5) is 12.0. The van der Waals surface area contributed by atoms with Crippen LogP contribution in [0.4, 0.5) is 0 Å². The Labute approximate surface area is 147 Å². The molecule has 1 aromatic carbocycles. The number of nitrogens with one attached hydrogen (secondary N) is 1. The van der Waals surface area contributed by atoms with Crippen LogP contribution in [0.3, 0.4) is 0 Å². The fraction of sp³-hybridized carbons (Fsp3) is 0.389. The molecule has 0 bridgehead atoms. The molecule has 0 radical (unpaired) electrons. The Hall–Kier alpha value is -2.12.